The van der Waals surface area contributed by atoms with E-state index >= 15 is 0 Å². The first-order valence-corrected chi connectivity index (χ1v) is 6.41. The minimum absolute atomic E-state index is 0.543. The predicted octanol–water partition coefficient (Wildman–Crippen LogP) is 3.31. The molecule has 0 amide bonds. The van der Waals surface area contributed by atoms with Crippen molar-refractivity contribution in [1.29, 1.82) is 0 Å². The van der Waals surface area contributed by atoms with Gasteiger partial charge < -0.3 is 5.73 Å². The van der Waals surface area contributed by atoms with Gasteiger partial charge in [-0.3, -0.25) is 0 Å². The van der Waals surface area contributed by atoms with E-state index in [9.17, 15) is 0 Å². The van der Waals surface area contributed by atoms with Gasteiger partial charge in [0.15, 0.2) is 0 Å². The number of hydrogen-bond acceptors (Lipinski definition) is 3. The van der Waals surface area contributed by atoms with Crippen LogP contribution in [-0.4, -0.2) is 4.98 Å². The van der Waals surface area contributed by atoms with Crippen molar-refractivity contribution in [3.63, 3.8) is 0 Å². The van der Waals surface area contributed by atoms with E-state index in [1.165, 1.54) is 16.0 Å². The van der Waals surface area contributed by atoms with Crippen LogP contribution in [0.3, 0.4) is 0 Å². The normalized spacial score (nSPS) is 10.5. The summed E-state index contributed by atoms with van der Waals surface area (Å²) in [5.41, 5.74) is 9.17. The lowest BCUT2D eigenvalue weighted by Gasteiger charge is -2.06. The Balaban J connectivity index is 2.22. The Kier molecular flexibility index (Phi) is 3.82. The van der Waals surface area contributed by atoms with E-state index in [0.29, 0.717) is 6.54 Å². The molecular weight excluding hydrogens is 228 g/mol. The molecule has 0 fully saturated rings. The zero-order valence-electron chi connectivity index (χ0n) is 10.1. The van der Waals surface area contributed by atoms with Gasteiger partial charge in [-0.2, -0.15) is 0 Å². The van der Waals surface area contributed by atoms with Gasteiger partial charge in [-0.25, -0.2) is 4.98 Å². The van der Waals surface area contributed by atoms with Gasteiger partial charge in [0.05, 0.1) is 0 Å². The molecule has 17 heavy (non-hydrogen) atoms. The van der Waals surface area contributed by atoms with Crippen LogP contribution in [0, 0.1) is 13.8 Å². The predicted molar refractivity (Wildman–Crippen MR) is 72.2 cm³/mol. The van der Waals surface area contributed by atoms with Crippen LogP contribution in [0.1, 0.15) is 16.7 Å². The van der Waals surface area contributed by atoms with Crippen LogP contribution in [0.25, 0.3) is 0 Å². The molecule has 0 aliphatic heterocycles. The number of aromatic nitrogens is 1. The molecule has 0 aliphatic carbocycles. The van der Waals surface area contributed by atoms with Crippen LogP contribution in [0.5, 0.6) is 0 Å². The second kappa shape index (κ2) is 5.34. The van der Waals surface area contributed by atoms with Crippen molar-refractivity contribution in [3.8, 4) is 0 Å². The van der Waals surface area contributed by atoms with Crippen LogP contribution in [0.15, 0.2) is 46.5 Å². The molecule has 0 aliphatic rings. The summed E-state index contributed by atoms with van der Waals surface area (Å²) >= 11 is 1.70. The fourth-order valence-corrected chi connectivity index (χ4v) is 2.46. The van der Waals surface area contributed by atoms with Gasteiger partial charge in [-0.1, -0.05) is 30.0 Å². The summed E-state index contributed by atoms with van der Waals surface area (Å²) in [6.07, 6.45) is 1.84. The number of nitrogens with zero attached hydrogens (tertiary/aromatic N) is 1. The zero-order chi connectivity index (χ0) is 12.3. The third-order valence-corrected chi connectivity index (χ3v) is 3.70. The van der Waals surface area contributed by atoms with E-state index < -0.39 is 0 Å². The molecule has 0 radical (unpaired) electrons. The molecule has 1 heterocycles. The Bertz CT molecular complexity index is 506. The third kappa shape index (κ3) is 3.08. The molecule has 2 aromatic rings. The monoisotopic (exact) mass is 244 g/mol. The highest BCUT2D eigenvalue weighted by molar-refractivity contribution is 7.99. The minimum atomic E-state index is 0.543. The Labute approximate surface area is 106 Å². The highest BCUT2D eigenvalue weighted by atomic mass is 32.2. The fourth-order valence-electron chi connectivity index (χ4n) is 1.52. The quantitative estimate of drug-likeness (QED) is 0.900. The summed E-state index contributed by atoms with van der Waals surface area (Å²) < 4.78 is 0. The van der Waals surface area contributed by atoms with Crippen molar-refractivity contribution in [1.82, 2.24) is 4.98 Å². The topological polar surface area (TPSA) is 38.9 Å². The number of nitrogens with two attached hydrogens (primary N) is 1. The van der Waals surface area contributed by atoms with Gasteiger partial charge in [-0.05, 0) is 42.7 Å². The lowest BCUT2D eigenvalue weighted by Crippen LogP contribution is -1.96. The summed E-state index contributed by atoms with van der Waals surface area (Å²) in [5, 5.41) is 1.01. The summed E-state index contributed by atoms with van der Waals surface area (Å²) in [6.45, 7) is 4.77. The average Bonchev–Trinajstić information content (AvgIpc) is 2.35. The van der Waals surface area contributed by atoms with Crippen LogP contribution < -0.4 is 5.73 Å². The standard InChI is InChI=1S/C14H16N2S/c1-10-3-4-11(2)13(7-10)17-14-6-5-12(8-15)9-16-14/h3-7,9H,8,15H2,1-2H3. The fraction of sp³-hybridized carbons (Fsp3) is 0.214. The lowest BCUT2D eigenvalue weighted by atomic mass is 10.2. The molecule has 2 rings (SSSR count). The Morgan fingerprint density at radius 1 is 1.18 bits per heavy atom. The van der Waals surface area contributed by atoms with Gasteiger partial charge in [0, 0.05) is 17.6 Å². The van der Waals surface area contributed by atoms with Crippen LogP contribution in [0.4, 0.5) is 0 Å². The van der Waals surface area contributed by atoms with Crippen molar-refractivity contribution in [2.75, 3.05) is 0 Å². The largest absolute Gasteiger partial charge is 0.326 e. The zero-order valence-corrected chi connectivity index (χ0v) is 10.9. The summed E-state index contributed by atoms with van der Waals surface area (Å²) in [4.78, 5) is 5.66. The summed E-state index contributed by atoms with van der Waals surface area (Å²) in [7, 11) is 0. The first-order valence-electron chi connectivity index (χ1n) is 5.59. The molecule has 3 heteroatoms. The first kappa shape index (κ1) is 12.1. The highest BCUT2D eigenvalue weighted by Crippen LogP contribution is 2.29. The van der Waals surface area contributed by atoms with Crippen molar-refractivity contribution in [2.45, 2.75) is 30.3 Å². The highest BCUT2D eigenvalue weighted by Gasteiger charge is 2.02. The van der Waals surface area contributed by atoms with Crippen LogP contribution in [0.2, 0.25) is 0 Å². The maximum Gasteiger partial charge on any atom is 0.101 e. The molecule has 0 atom stereocenters. The van der Waals surface area contributed by atoms with E-state index in [1.807, 2.05) is 18.3 Å². The Morgan fingerprint density at radius 3 is 2.65 bits per heavy atom. The smallest absolute Gasteiger partial charge is 0.101 e. The molecule has 1 aromatic carbocycles. The van der Waals surface area contributed by atoms with E-state index in [0.717, 1.165) is 10.6 Å². The molecule has 88 valence electrons. The molecule has 2 nitrogen and oxygen atoms in total. The molecule has 0 saturated heterocycles. The Morgan fingerprint density at radius 2 is 2.00 bits per heavy atom. The maximum absolute atomic E-state index is 5.55. The van der Waals surface area contributed by atoms with Crippen molar-refractivity contribution in [2.24, 2.45) is 5.73 Å². The molecule has 0 saturated carbocycles. The van der Waals surface area contributed by atoms with E-state index in [2.05, 4.69) is 37.0 Å². The SMILES string of the molecule is Cc1ccc(C)c(Sc2ccc(CN)cn2)c1. The molecule has 0 bridgehead atoms. The van der Waals surface area contributed by atoms with Crippen LogP contribution in [-0.2, 0) is 6.54 Å². The molecule has 0 spiro atoms. The van der Waals surface area contributed by atoms with Gasteiger partial charge in [0.2, 0.25) is 0 Å². The maximum atomic E-state index is 5.55. The third-order valence-electron chi connectivity index (χ3n) is 2.59. The van der Waals surface area contributed by atoms with E-state index in [4.69, 9.17) is 5.73 Å². The first-order chi connectivity index (χ1) is 8.19. The second-order valence-corrected chi connectivity index (χ2v) is 5.14. The molecule has 0 unspecified atom stereocenters. The number of rotatable bonds is 3. The van der Waals surface area contributed by atoms with E-state index in [-0.39, 0.29) is 0 Å². The van der Waals surface area contributed by atoms with Gasteiger partial charge in [0.1, 0.15) is 5.03 Å². The van der Waals surface area contributed by atoms with Crippen LogP contribution >= 0.6 is 11.8 Å². The number of benzene rings is 1. The number of aryl methyl sites for hydroxylation is 2. The number of hydrogen-bond donors (Lipinski definition) is 1. The van der Waals surface area contributed by atoms with Crippen molar-refractivity contribution < 1.29 is 0 Å². The Hall–Kier alpha value is -1.32. The summed E-state index contributed by atoms with van der Waals surface area (Å²) in [6, 6.07) is 10.5. The van der Waals surface area contributed by atoms with Gasteiger partial charge in [0.25, 0.3) is 0 Å². The molecule has 1 aromatic heterocycles. The second-order valence-electron chi connectivity index (χ2n) is 4.08. The van der Waals surface area contributed by atoms with Crippen molar-refractivity contribution in [3.05, 3.63) is 53.2 Å². The van der Waals surface area contributed by atoms with Crippen molar-refractivity contribution >= 4 is 11.8 Å². The lowest BCUT2D eigenvalue weighted by molar-refractivity contribution is 1.01. The van der Waals surface area contributed by atoms with Gasteiger partial charge in [-0.15, -0.1) is 0 Å². The number of pyridine rings is 1. The molecule has 2 N–H and O–H groups in total. The summed E-state index contributed by atoms with van der Waals surface area (Å²) in [5.74, 6) is 0. The minimum Gasteiger partial charge on any atom is -0.326 e. The van der Waals surface area contributed by atoms with Gasteiger partial charge >= 0.3 is 0 Å². The van der Waals surface area contributed by atoms with E-state index in [1.54, 1.807) is 11.8 Å². The average molecular weight is 244 g/mol. The molecular formula is C14H16N2S.